The SMILES string of the molecule is O=C([C@H]1CCCN1c1cccc(C(F)(F)F)n1)N1CCSCC1. The zero-order chi connectivity index (χ0) is 16.4. The quantitative estimate of drug-likeness (QED) is 0.826. The molecule has 8 heteroatoms. The highest BCUT2D eigenvalue weighted by Crippen LogP contribution is 2.31. The molecule has 2 aliphatic rings. The molecule has 0 spiro atoms. The number of thioether (sulfide) groups is 1. The molecular formula is C15H18F3N3OS. The molecule has 1 atom stereocenters. The van der Waals surface area contributed by atoms with Crippen molar-refractivity contribution in [1.82, 2.24) is 9.88 Å². The summed E-state index contributed by atoms with van der Waals surface area (Å²) in [4.78, 5) is 20.0. The average molecular weight is 345 g/mol. The minimum Gasteiger partial charge on any atom is -0.345 e. The second-order valence-electron chi connectivity index (χ2n) is 5.67. The zero-order valence-corrected chi connectivity index (χ0v) is 13.4. The van der Waals surface area contributed by atoms with Crippen LogP contribution in [0.15, 0.2) is 18.2 Å². The summed E-state index contributed by atoms with van der Waals surface area (Å²) < 4.78 is 38.5. The van der Waals surface area contributed by atoms with E-state index in [0.29, 0.717) is 26.1 Å². The second-order valence-corrected chi connectivity index (χ2v) is 6.89. The van der Waals surface area contributed by atoms with Crippen molar-refractivity contribution in [3.8, 4) is 0 Å². The number of amides is 1. The van der Waals surface area contributed by atoms with E-state index in [-0.39, 0.29) is 11.7 Å². The molecule has 2 fully saturated rings. The number of carbonyl (C=O) groups excluding carboxylic acids is 1. The molecule has 3 rings (SSSR count). The maximum Gasteiger partial charge on any atom is 0.433 e. The minimum atomic E-state index is -4.47. The lowest BCUT2D eigenvalue weighted by Gasteiger charge is -2.33. The fourth-order valence-corrected chi connectivity index (χ4v) is 3.94. The van der Waals surface area contributed by atoms with Crippen molar-refractivity contribution in [3.63, 3.8) is 0 Å². The number of halogens is 3. The summed E-state index contributed by atoms with van der Waals surface area (Å²) in [5.74, 6) is 2.09. The van der Waals surface area contributed by atoms with Crippen LogP contribution >= 0.6 is 11.8 Å². The van der Waals surface area contributed by atoms with Crippen molar-refractivity contribution >= 4 is 23.5 Å². The molecule has 2 aliphatic heterocycles. The molecule has 0 bridgehead atoms. The Kier molecular flexibility index (Phi) is 4.70. The molecule has 0 N–H and O–H groups in total. The maximum absolute atomic E-state index is 12.8. The van der Waals surface area contributed by atoms with Crippen molar-refractivity contribution in [2.45, 2.75) is 25.1 Å². The van der Waals surface area contributed by atoms with E-state index in [1.54, 1.807) is 11.0 Å². The monoisotopic (exact) mass is 345 g/mol. The molecule has 4 nitrogen and oxygen atoms in total. The molecule has 0 radical (unpaired) electrons. The van der Waals surface area contributed by atoms with Gasteiger partial charge in [0.05, 0.1) is 0 Å². The van der Waals surface area contributed by atoms with Crippen molar-refractivity contribution < 1.29 is 18.0 Å². The first-order valence-electron chi connectivity index (χ1n) is 7.64. The highest BCUT2D eigenvalue weighted by Gasteiger charge is 2.37. The number of nitrogens with zero attached hydrogens (tertiary/aromatic N) is 3. The summed E-state index contributed by atoms with van der Waals surface area (Å²) in [5, 5.41) is 0. The van der Waals surface area contributed by atoms with Gasteiger partial charge in [0.25, 0.3) is 0 Å². The Hall–Kier alpha value is -1.44. The Morgan fingerprint density at radius 3 is 2.65 bits per heavy atom. The molecule has 23 heavy (non-hydrogen) atoms. The van der Waals surface area contributed by atoms with Crippen LogP contribution in [-0.2, 0) is 11.0 Å². The summed E-state index contributed by atoms with van der Waals surface area (Å²) in [7, 11) is 0. The molecule has 0 aliphatic carbocycles. The summed E-state index contributed by atoms with van der Waals surface area (Å²) in [5.41, 5.74) is -0.914. The van der Waals surface area contributed by atoms with Gasteiger partial charge in [-0.05, 0) is 25.0 Å². The average Bonchev–Trinajstić information content (AvgIpc) is 3.04. The predicted octanol–water partition coefficient (Wildman–Crippen LogP) is 2.64. The van der Waals surface area contributed by atoms with Gasteiger partial charge < -0.3 is 9.80 Å². The Bertz CT molecular complexity index is 575. The van der Waals surface area contributed by atoms with Gasteiger partial charge in [0.2, 0.25) is 5.91 Å². The van der Waals surface area contributed by atoms with Gasteiger partial charge in [-0.2, -0.15) is 24.9 Å². The fourth-order valence-electron chi connectivity index (χ4n) is 3.03. The van der Waals surface area contributed by atoms with E-state index < -0.39 is 17.9 Å². The number of aromatic nitrogens is 1. The first-order valence-corrected chi connectivity index (χ1v) is 8.80. The second kappa shape index (κ2) is 6.59. The van der Waals surface area contributed by atoms with Crippen molar-refractivity contribution in [1.29, 1.82) is 0 Å². The lowest BCUT2D eigenvalue weighted by atomic mass is 10.2. The Morgan fingerprint density at radius 2 is 1.96 bits per heavy atom. The van der Waals surface area contributed by atoms with Crippen LogP contribution < -0.4 is 4.90 Å². The summed E-state index contributed by atoms with van der Waals surface area (Å²) >= 11 is 1.82. The molecule has 1 aromatic rings. The highest BCUT2D eigenvalue weighted by molar-refractivity contribution is 7.99. The summed E-state index contributed by atoms with van der Waals surface area (Å²) in [6, 6.07) is 3.46. The molecule has 0 saturated carbocycles. The van der Waals surface area contributed by atoms with Crippen molar-refractivity contribution in [2.75, 3.05) is 36.0 Å². The van der Waals surface area contributed by atoms with E-state index >= 15 is 0 Å². The van der Waals surface area contributed by atoms with Gasteiger partial charge in [-0.15, -0.1) is 0 Å². The van der Waals surface area contributed by atoms with Crippen molar-refractivity contribution in [3.05, 3.63) is 23.9 Å². The molecule has 3 heterocycles. The minimum absolute atomic E-state index is 0.0158. The van der Waals surface area contributed by atoms with Gasteiger partial charge in [-0.25, -0.2) is 4.98 Å². The van der Waals surface area contributed by atoms with Gasteiger partial charge in [0.15, 0.2) is 0 Å². The number of alkyl halides is 3. The van der Waals surface area contributed by atoms with Gasteiger partial charge in [-0.3, -0.25) is 4.79 Å². The molecule has 1 amide bonds. The molecular weight excluding hydrogens is 327 g/mol. The number of rotatable bonds is 2. The summed E-state index contributed by atoms with van der Waals surface area (Å²) in [6.07, 6.45) is -3.02. The standard InChI is InChI=1S/C15H18F3N3OS/c16-15(17,18)12-4-1-5-13(19-12)21-6-2-3-11(21)14(22)20-7-9-23-10-8-20/h1,4-5,11H,2-3,6-10H2/t11-/m1/s1. The van der Waals surface area contributed by atoms with E-state index in [1.165, 1.54) is 6.07 Å². The van der Waals surface area contributed by atoms with Crippen LogP contribution in [0.25, 0.3) is 0 Å². The molecule has 0 unspecified atom stereocenters. The molecule has 126 valence electrons. The number of hydrogen-bond donors (Lipinski definition) is 0. The first kappa shape index (κ1) is 16.4. The van der Waals surface area contributed by atoms with Crippen LogP contribution in [0.5, 0.6) is 0 Å². The van der Waals surface area contributed by atoms with Gasteiger partial charge >= 0.3 is 6.18 Å². The topological polar surface area (TPSA) is 36.4 Å². The number of hydrogen-bond acceptors (Lipinski definition) is 4. The zero-order valence-electron chi connectivity index (χ0n) is 12.6. The largest absolute Gasteiger partial charge is 0.433 e. The maximum atomic E-state index is 12.8. The Morgan fingerprint density at radius 1 is 1.22 bits per heavy atom. The van der Waals surface area contributed by atoms with Gasteiger partial charge in [0, 0.05) is 31.1 Å². The number of pyridine rings is 1. The molecule has 1 aromatic heterocycles. The predicted molar refractivity (Wildman–Crippen MR) is 83.5 cm³/mol. The molecule has 2 saturated heterocycles. The van der Waals surface area contributed by atoms with Crippen LogP contribution in [0, 0.1) is 0 Å². The van der Waals surface area contributed by atoms with Crippen LogP contribution in [0.3, 0.4) is 0 Å². The van der Waals surface area contributed by atoms with E-state index in [2.05, 4.69) is 4.98 Å². The third kappa shape index (κ3) is 3.57. The van der Waals surface area contributed by atoms with E-state index in [9.17, 15) is 18.0 Å². The van der Waals surface area contributed by atoms with E-state index in [1.807, 2.05) is 16.7 Å². The van der Waals surface area contributed by atoms with Gasteiger partial charge in [-0.1, -0.05) is 6.07 Å². The van der Waals surface area contributed by atoms with E-state index in [4.69, 9.17) is 0 Å². The van der Waals surface area contributed by atoms with Crippen LogP contribution in [-0.4, -0.2) is 53.0 Å². The lowest BCUT2D eigenvalue weighted by Crippen LogP contribution is -2.48. The number of anilines is 1. The van der Waals surface area contributed by atoms with E-state index in [0.717, 1.165) is 24.0 Å². The van der Waals surface area contributed by atoms with Gasteiger partial charge in [0.1, 0.15) is 17.6 Å². The molecule has 0 aromatic carbocycles. The first-order chi connectivity index (χ1) is 11.0. The third-order valence-electron chi connectivity index (χ3n) is 4.18. The summed E-state index contributed by atoms with van der Waals surface area (Å²) in [6.45, 7) is 1.99. The third-order valence-corrected chi connectivity index (χ3v) is 5.12. The Labute approximate surface area is 137 Å². The van der Waals surface area contributed by atoms with Crippen molar-refractivity contribution in [2.24, 2.45) is 0 Å². The smallest absolute Gasteiger partial charge is 0.345 e. The fraction of sp³-hybridized carbons (Fsp3) is 0.600. The highest BCUT2D eigenvalue weighted by atomic mass is 32.2. The Balaban J connectivity index is 1.80. The lowest BCUT2D eigenvalue weighted by molar-refractivity contribution is -0.141. The normalized spacial score (nSPS) is 22.5. The van der Waals surface area contributed by atoms with Crippen LogP contribution in [0.4, 0.5) is 19.0 Å². The van der Waals surface area contributed by atoms with Crippen LogP contribution in [0.2, 0.25) is 0 Å². The van der Waals surface area contributed by atoms with Crippen LogP contribution in [0.1, 0.15) is 18.5 Å². The number of carbonyl (C=O) groups is 1.